The Morgan fingerprint density at radius 1 is 1.08 bits per heavy atom. The highest BCUT2D eigenvalue weighted by molar-refractivity contribution is 5.83. The number of benzene rings is 2. The van der Waals surface area contributed by atoms with E-state index in [9.17, 15) is 9.18 Å². The van der Waals surface area contributed by atoms with Crippen LogP contribution >= 0.6 is 0 Å². The maximum Gasteiger partial charge on any atom is 0.335 e. The number of hydrogen-bond acceptors (Lipinski definition) is 4. The van der Waals surface area contributed by atoms with Gasteiger partial charge >= 0.3 is 5.97 Å². The molecule has 0 amide bonds. The SMILES string of the molecule is C=CC(=O)Oc1ccc(-c2ccc(OCCOC(C)(C)C)cc2)c(F)c1. The molecule has 26 heavy (non-hydrogen) atoms. The van der Waals surface area contributed by atoms with E-state index < -0.39 is 11.8 Å². The Morgan fingerprint density at radius 2 is 1.73 bits per heavy atom. The lowest BCUT2D eigenvalue weighted by atomic mass is 10.0. The monoisotopic (exact) mass is 358 g/mol. The molecule has 138 valence electrons. The molecule has 5 heteroatoms. The summed E-state index contributed by atoms with van der Waals surface area (Å²) in [7, 11) is 0. The first-order valence-electron chi connectivity index (χ1n) is 8.29. The molecule has 0 saturated heterocycles. The van der Waals surface area contributed by atoms with E-state index in [-0.39, 0.29) is 11.4 Å². The summed E-state index contributed by atoms with van der Waals surface area (Å²) in [6, 6.07) is 11.4. The lowest BCUT2D eigenvalue weighted by Gasteiger charge is -2.19. The number of carbonyl (C=O) groups excluding carboxylic acids is 1. The van der Waals surface area contributed by atoms with Gasteiger partial charge in [-0.25, -0.2) is 9.18 Å². The largest absolute Gasteiger partial charge is 0.491 e. The van der Waals surface area contributed by atoms with Gasteiger partial charge in [-0.2, -0.15) is 0 Å². The fourth-order valence-corrected chi connectivity index (χ4v) is 2.19. The summed E-state index contributed by atoms with van der Waals surface area (Å²) >= 11 is 0. The normalized spacial score (nSPS) is 11.1. The van der Waals surface area contributed by atoms with E-state index in [1.54, 1.807) is 30.3 Å². The van der Waals surface area contributed by atoms with Gasteiger partial charge in [0, 0.05) is 17.7 Å². The van der Waals surface area contributed by atoms with Crippen molar-refractivity contribution in [1.82, 2.24) is 0 Å². The topological polar surface area (TPSA) is 44.8 Å². The number of halogens is 1. The summed E-state index contributed by atoms with van der Waals surface area (Å²) in [5, 5.41) is 0. The third-order valence-electron chi connectivity index (χ3n) is 3.38. The van der Waals surface area contributed by atoms with E-state index in [1.807, 2.05) is 20.8 Å². The third-order valence-corrected chi connectivity index (χ3v) is 3.38. The van der Waals surface area contributed by atoms with Crippen LogP contribution in [0.1, 0.15) is 20.8 Å². The Morgan fingerprint density at radius 3 is 2.31 bits per heavy atom. The zero-order valence-corrected chi connectivity index (χ0v) is 15.3. The number of esters is 1. The Bertz CT molecular complexity index is 761. The molecule has 4 nitrogen and oxygen atoms in total. The maximum absolute atomic E-state index is 14.3. The van der Waals surface area contributed by atoms with Crippen LogP contribution in [0, 0.1) is 5.82 Å². The van der Waals surface area contributed by atoms with Crippen LogP contribution in [0.2, 0.25) is 0 Å². The van der Waals surface area contributed by atoms with Gasteiger partial charge in [-0.1, -0.05) is 18.7 Å². The minimum Gasteiger partial charge on any atom is -0.491 e. The van der Waals surface area contributed by atoms with Crippen molar-refractivity contribution in [3.8, 4) is 22.6 Å². The lowest BCUT2D eigenvalue weighted by Crippen LogP contribution is -2.22. The summed E-state index contributed by atoms with van der Waals surface area (Å²) in [6.45, 7) is 10.2. The average molecular weight is 358 g/mol. The molecule has 2 aromatic rings. The van der Waals surface area contributed by atoms with E-state index in [4.69, 9.17) is 14.2 Å². The highest BCUT2D eigenvalue weighted by Gasteiger charge is 2.10. The molecule has 0 unspecified atom stereocenters. The molecule has 0 fully saturated rings. The van der Waals surface area contributed by atoms with Gasteiger partial charge in [-0.15, -0.1) is 0 Å². The van der Waals surface area contributed by atoms with Gasteiger partial charge < -0.3 is 14.2 Å². The second-order valence-electron chi connectivity index (χ2n) is 6.60. The molecule has 2 rings (SSSR count). The van der Waals surface area contributed by atoms with Crippen molar-refractivity contribution >= 4 is 5.97 Å². The molecular weight excluding hydrogens is 335 g/mol. The van der Waals surface area contributed by atoms with E-state index >= 15 is 0 Å². The van der Waals surface area contributed by atoms with Crippen LogP contribution in [0.5, 0.6) is 11.5 Å². The fourth-order valence-electron chi connectivity index (χ4n) is 2.19. The van der Waals surface area contributed by atoms with Crippen molar-refractivity contribution in [3.63, 3.8) is 0 Å². The van der Waals surface area contributed by atoms with Crippen molar-refractivity contribution in [1.29, 1.82) is 0 Å². The number of ether oxygens (including phenoxy) is 3. The Kier molecular flexibility index (Phi) is 6.52. The molecule has 0 heterocycles. The molecule has 0 spiro atoms. The van der Waals surface area contributed by atoms with Gasteiger partial charge in [0.2, 0.25) is 0 Å². The summed E-state index contributed by atoms with van der Waals surface area (Å²) in [6.07, 6.45) is 1.02. The minimum atomic E-state index is -0.630. The standard InChI is InChI=1S/C21H23FO4/c1-5-20(23)26-17-10-11-18(19(22)14-17)15-6-8-16(9-7-15)24-12-13-25-21(2,3)4/h5-11,14H,1,12-13H2,2-4H3. The molecule has 0 bridgehead atoms. The highest BCUT2D eigenvalue weighted by atomic mass is 19.1. The van der Waals surface area contributed by atoms with E-state index in [0.717, 1.165) is 6.08 Å². The first-order valence-corrected chi connectivity index (χ1v) is 8.29. The molecule has 0 aromatic heterocycles. The van der Waals surface area contributed by atoms with Gasteiger partial charge in [0.25, 0.3) is 0 Å². The van der Waals surface area contributed by atoms with Crippen LogP contribution in [0.15, 0.2) is 55.1 Å². The molecular formula is C21H23FO4. The molecule has 0 saturated carbocycles. The van der Waals surface area contributed by atoms with Gasteiger partial charge in [0.1, 0.15) is 23.9 Å². The van der Waals surface area contributed by atoms with Crippen molar-refractivity contribution in [2.75, 3.05) is 13.2 Å². The quantitative estimate of drug-likeness (QED) is 0.309. The van der Waals surface area contributed by atoms with Crippen LogP contribution in [0.4, 0.5) is 4.39 Å². The molecule has 0 aliphatic carbocycles. The van der Waals surface area contributed by atoms with E-state index in [2.05, 4.69) is 6.58 Å². The molecule has 0 aliphatic heterocycles. The molecule has 0 radical (unpaired) electrons. The van der Waals surface area contributed by atoms with E-state index in [1.165, 1.54) is 12.1 Å². The Balaban J connectivity index is 1.99. The fraction of sp³-hybridized carbons (Fsp3) is 0.286. The van der Waals surface area contributed by atoms with Gasteiger partial charge in [-0.3, -0.25) is 0 Å². The highest BCUT2D eigenvalue weighted by Crippen LogP contribution is 2.28. The zero-order chi connectivity index (χ0) is 19.2. The summed E-state index contributed by atoms with van der Waals surface area (Å²) in [4.78, 5) is 11.2. The van der Waals surface area contributed by atoms with Gasteiger partial charge in [0.15, 0.2) is 0 Å². The number of rotatable bonds is 7. The first-order chi connectivity index (χ1) is 12.3. The maximum atomic E-state index is 14.3. The molecule has 0 atom stereocenters. The van der Waals surface area contributed by atoms with E-state index in [0.29, 0.717) is 30.1 Å². The third kappa shape index (κ3) is 6.01. The van der Waals surface area contributed by atoms with Crippen molar-refractivity contribution in [2.24, 2.45) is 0 Å². The predicted octanol–water partition coefficient (Wildman–Crippen LogP) is 4.78. The van der Waals surface area contributed by atoms with Crippen LogP contribution in [-0.4, -0.2) is 24.8 Å². The van der Waals surface area contributed by atoms with Gasteiger partial charge in [-0.05, 0) is 50.6 Å². The summed E-state index contributed by atoms with van der Waals surface area (Å²) < 4.78 is 30.4. The Labute approximate surface area is 153 Å². The molecule has 0 N–H and O–H groups in total. The predicted molar refractivity (Wildman–Crippen MR) is 98.9 cm³/mol. The van der Waals surface area contributed by atoms with Crippen LogP contribution in [0.25, 0.3) is 11.1 Å². The van der Waals surface area contributed by atoms with Crippen LogP contribution in [0.3, 0.4) is 0 Å². The van der Waals surface area contributed by atoms with Gasteiger partial charge in [0.05, 0.1) is 12.2 Å². The second kappa shape index (κ2) is 8.63. The van der Waals surface area contributed by atoms with Crippen molar-refractivity contribution in [3.05, 3.63) is 60.9 Å². The van der Waals surface area contributed by atoms with Crippen molar-refractivity contribution < 1.29 is 23.4 Å². The number of hydrogen-bond donors (Lipinski definition) is 0. The van der Waals surface area contributed by atoms with Crippen LogP contribution in [-0.2, 0) is 9.53 Å². The lowest BCUT2D eigenvalue weighted by molar-refractivity contribution is -0.128. The smallest absolute Gasteiger partial charge is 0.335 e. The zero-order valence-electron chi connectivity index (χ0n) is 15.3. The minimum absolute atomic E-state index is 0.134. The second-order valence-corrected chi connectivity index (χ2v) is 6.60. The van der Waals surface area contributed by atoms with Crippen LogP contribution < -0.4 is 9.47 Å². The summed E-state index contributed by atoms with van der Waals surface area (Å²) in [5.41, 5.74) is 0.907. The van der Waals surface area contributed by atoms with Crippen molar-refractivity contribution in [2.45, 2.75) is 26.4 Å². The molecule has 0 aliphatic rings. The number of carbonyl (C=O) groups is 1. The Hall–Kier alpha value is -2.66. The first kappa shape index (κ1) is 19.7. The average Bonchev–Trinajstić information content (AvgIpc) is 2.59. The molecule has 2 aromatic carbocycles. The summed E-state index contributed by atoms with van der Waals surface area (Å²) in [5.74, 6) is -0.293.